The molecular weight excluding hydrogens is 252 g/mol. The van der Waals surface area contributed by atoms with E-state index < -0.39 is 0 Å². The number of hydrogen-bond acceptors (Lipinski definition) is 4. The van der Waals surface area contributed by atoms with E-state index in [4.69, 9.17) is 10.5 Å². The molecule has 0 fully saturated rings. The summed E-state index contributed by atoms with van der Waals surface area (Å²) in [4.78, 5) is 0. The molecule has 2 rings (SSSR count). The summed E-state index contributed by atoms with van der Waals surface area (Å²) in [7, 11) is 1.92. The zero-order valence-electron chi connectivity index (χ0n) is 12.5. The van der Waals surface area contributed by atoms with Gasteiger partial charge in [-0.05, 0) is 32.9 Å². The van der Waals surface area contributed by atoms with Gasteiger partial charge in [-0.15, -0.1) is 0 Å². The number of nitrogens with one attached hydrogen (secondary N) is 1. The van der Waals surface area contributed by atoms with Gasteiger partial charge in [0.1, 0.15) is 5.75 Å². The van der Waals surface area contributed by atoms with Crippen molar-refractivity contribution in [1.29, 1.82) is 0 Å². The average molecular weight is 274 g/mol. The third kappa shape index (κ3) is 3.44. The van der Waals surface area contributed by atoms with Crippen LogP contribution < -0.4 is 15.8 Å². The second-order valence-electron chi connectivity index (χ2n) is 5.19. The molecule has 3 N–H and O–H groups in total. The second kappa shape index (κ2) is 5.86. The van der Waals surface area contributed by atoms with Crippen molar-refractivity contribution < 1.29 is 4.74 Å². The van der Waals surface area contributed by atoms with Crippen LogP contribution in [-0.4, -0.2) is 15.9 Å². The minimum absolute atomic E-state index is 0.105. The number of rotatable bonds is 5. The predicted octanol–water partition coefficient (Wildman–Crippen LogP) is 2.71. The number of ether oxygens (including phenoxy) is 1. The molecule has 2 aromatic rings. The van der Waals surface area contributed by atoms with Gasteiger partial charge in [0.25, 0.3) is 0 Å². The molecule has 108 valence electrons. The van der Waals surface area contributed by atoms with Crippen LogP contribution in [0.1, 0.15) is 25.1 Å². The fraction of sp³-hybridized carbons (Fsp3) is 0.400. The average Bonchev–Trinajstić information content (AvgIpc) is 2.68. The molecule has 0 unspecified atom stereocenters. The minimum atomic E-state index is 0.105. The third-order valence-electron chi connectivity index (χ3n) is 2.97. The van der Waals surface area contributed by atoms with Crippen molar-refractivity contribution in [3.8, 4) is 5.75 Å². The summed E-state index contributed by atoms with van der Waals surface area (Å²) in [6.45, 7) is 6.70. The molecule has 0 aliphatic carbocycles. The Balaban J connectivity index is 2.08. The van der Waals surface area contributed by atoms with E-state index in [1.165, 1.54) is 5.56 Å². The monoisotopic (exact) mass is 274 g/mol. The van der Waals surface area contributed by atoms with Crippen LogP contribution >= 0.6 is 0 Å². The molecule has 5 heteroatoms. The van der Waals surface area contributed by atoms with Crippen LogP contribution in [0.3, 0.4) is 0 Å². The lowest BCUT2D eigenvalue weighted by Crippen LogP contribution is -2.08. The first-order valence-corrected chi connectivity index (χ1v) is 6.75. The standard InChI is InChI=1S/C15H22N4O/c1-10(2)20-15-7-13(5-6-14(15)16)17-8-12-9-19(4)18-11(12)3/h5-7,9-10,17H,8,16H2,1-4H3. The van der Waals surface area contributed by atoms with Gasteiger partial charge < -0.3 is 15.8 Å². The molecule has 0 spiro atoms. The van der Waals surface area contributed by atoms with Crippen LogP contribution in [0.4, 0.5) is 11.4 Å². The Morgan fingerprint density at radius 2 is 2.15 bits per heavy atom. The number of nitrogens with two attached hydrogens (primary N) is 1. The fourth-order valence-corrected chi connectivity index (χ4v) is 2.02. The van der Waals surface area contributed by atoms with E-state index >= 15 is 0 Å². The topological polar surface area (TPSA) is 65.1 Å². The van der Waals surface area contributed by atoms with Crippen LogP contribution in [0.5, 0.6) is 5.75 Å². The van der Waals surface area contributed by atoms with Crippen molar-refractivity contribution in [2.75, 3.05) is 11.1 Å². The van der Waals surface area contributed by atoms with Crippen molar-refractivity contribution in [2.45, 2.75) is 33.4 Å². The number of nitrogen functional groups attached to an aromatic ring is 1. The number of aromatic nitrogens is 2. The molecule has 0 bridgehead atoms. The van der Waals surface area contributed by atoms with Crippen molar-refractivity contribution in [1.82, 2.24) is 9.78 Å². The number of benzene rings is 1. The van der Waals surface area contributed by atoms with Gasteiger partial charge in [-0.25, -0.2) is 0 Å². The van der Waals surface area contributed by atoms with E-state index in [9.17, 15) is 0 Å². The quantitative estimate of drug-likeness (QED) is 0.823. The molecule has 0 aliphatic rings. The van der Waals surface area contributed by atoms with Gasteiger partial charge in [0.2, 0.25) is 0 Å². The highest BCUT2D eigenvalue weighted by Crippen LogP contribution is 2.26. The number of aryl methyl sites for hydroxylation is 2. The van der Waals surface area contributed by atoms with Gasteiger partial charge >= 0.3 is 0 Å². The lowest BCUT2D eigenvalue weighted by molar-refractivity contribution is 0.244. The van der Waals surface area contributed by atoms with Crippen molar-refractivity contribution >= 4 is 11.4 Å². The fourth-order valence-electron chi connectivity index (χ4n) is 2.02. The lowest BCUT2D eigenvalue weighted by Gasteiger charge is -2.14. The highest BCUT2D eigenvalue weighted by molar-refractivity contribution is 5.61. The normalized spacial score (nSPS) is 10.8. The van der Waals surface area contributed by atoms with Crippen molar-refractivity contribution in [3.05, 3.63) is 35.7 Å². The molecule has 1 heterocycles. The van der Waals surface area contributed by atoms with E-state index in [0.717, 1.165) is 17.9 Å². The maximum atomic E-state index is 5.91. The highest BCUT2D eigenvalue weighted by Gasteiger charge is 2.06. The Hall–Kier alpha value is -2.17. The summed E-state index contributed by atoms with van der Waals surface area (Å²) in [5.74, 6) is 0.716. The molecule has 5 nitrogen and oxygen atoms in total. The van der Waals surface area contributed by atoms with E-state index in [0.29, 0.717) is 11.4 Å². The smallest absolute Gasteiger partial charge is 0.144 e. The van der Waals surface area contributed by atoms with E-state index in [1.54, 1.807) is 0 Å². The summed E-state index contributed by atoms with van der Waals surface area (Å²) in [6.07, 6.45) is 2.12. The van der Waals surface area contributed by atoms with Gasteiger partial charge in [-0.1, -0.05) is 0 Å². The molecule has 0 saturated carbocycles. The van der Waals surface area contributed by atoms with Gasteiger partial charge in [-0.3, -0.25) is 4.68 Å². The van der Waals surface area contributed by atoms with Crippen LogP contribution in [0, 0.1) is 6.92 Å². The zero-order valence-corrected chi connectivity index (χ0v) is 12.5. The van der Waals surface area contributed by atoms with Crippen LogP contribution in [0.2, 0.25) is 0 Å². The van der Waals surface area contributed by atoms with E-state index in [1.807, 2.05) is 56.9 Å². The lowest BCUT2D eigenvalue weighted by atomic mass is 10.2. The molecule has 1 aromatic carbocycles. The summed E-state index contributed by atoms with van der Waals surface area (Å²) < 4.78 is 7.51. The maximum absolute atomic E-state index is 5.91. The molecular formula is C15H22N4O. The maximum Gasteiger partial charge on any atom is 0.144 e. The minimum Gasteiger partial charge on any atom is -0.489 e. The Kier molecular flexibility index (Phi) is 4.17. The third-order valence-corrected chi connectivity index (χ3v) is 2.97. The molecule has 20 heavy (non-hydrogen) atoms. The number of nitrogens with zero attached hydrogens (tertiary/aromatic N) is 2. The van der Waals surface area contributed by atoms with Gasteiger partial charge in [-0.2, -0.15) is 5.10 Å². The molecule has 0 atom stereocenters. The Morgan fingerprint density at radius 1 is 1.40 bits per heavy atom. The van der Waals surface area contributed by atoms with Gasteiger partial charge in [0, 0.05) is 37.1 Å². The van der Waals surface area contributed by atoms with Gasteiger partial charge in [0.05, 0.1) is 17.5 Å². The molecule has 0 aliphatic heterocycles. The van der Waals surface area contributed by atoms with Crippen LogP contribution in [0.25, 0.3) is 0 Å². The SMILES string of the molecule is Cc1nn(C)cc1CNc1ccc(N)c(OC(C)C)c1. The largest absolute Gasteiger partial charge is 0.489 e. The summed E-state index contributed by atoms with van der Waals surface area (Å²) >= 11 is 0. The molecule has 0 radical (unpaired) electrons. The Bertz CT molecular complexity index is 590. The molecule has 0 saturated heterocycles. The zero-order chi connectivity index (χ0) is 14.7. The highest BCUT2D eigenvalue weighted by atomic mass is 16.5. The first kappa shape index (κ1) is 14.2. The summed E-state index contributed by atoms with van der Waals surface area (Å²) in [6, 6.07) is 5.74. The van der Waals surface area contributed by atoms with Crippen molar-refractivity contribution in [3.63, 3.8) is 0 Å². The van der Waals surface area contributed by atoms with Crippen LogP contribution in [0.15, 0.2) is 24.4 Å². The second-order valence-corrected chi connectivity index (χ2v) is 5.19. The predicted molar refractivity (Wildman–Crippen MR) is 81.9 cm³/mol. The summed E-state index contributed by atoms with van der Waals surface area (Å²) in [5, 5.41) is 7.69. The Labute approximate surface area is 119 Å². The number of anilines is 2. The van der Waals surface area contributed by atoms with E-state index in [-0.39, 0.29) is 6.10 Å². The van der Waals surface area contributed by atoms with Crippen molar-refractivity contribution in [2.24, 2.45) is 7.05 Å². The first-order valence-electron chi connectivity index (χ1n) is 6.75. The summed E-state index contributed by atoms with van der Waals surface area (Å²) in [5.41, 5.74) is 9.76. The Morgan fingerprint density at radius 3 is 2.75 bits per heavy atom. The molecule has 0 amide bonds. The number of hydrogen-bond donors (Lipinski definition) is 2. The van der Waals surface area contributed by atoms with Gasteiger partial charge in [0.15, 0.2) is 0 Å². The van der Waals surface area contributed by atoms with Crippen LogP contribution in [-0.2, 0) is 13.6 Å². The van der Waals surface area contributed by atoms with E-state index in [2.05, 4.69) is 10.4 Å². The molecule has 1 aromatic heterocycles. The first-order chi connectivity index (χ1) is 9.45.